The average Bonchev–Trinajstić information content (AvgIpc) is 2.41. The molecule has 0 amide bonds. The molecule has 18 heavy (non-hydrogen) atoms. The van der Waals surface area contributed by atoms with E-state index in [9.17, 15) is 4.79 Å². The molecule has 0 bridgehead atoms. The van der Waals surface area contributed by atoms with Crippen LogP contribution in [0.25, 0.3) is 0 Å². The highest BCUT2D eigenvalue weighted by atomic mass is 16.5. The van der Waals surface area contributed by atoms with Crippen molar-refractivity contribution in [2.45, 2.75) is 39.0 Å². The molecule has 2 N–H and O–H groups in total. The molecule has 1 aromatic rings. The molecule has 0 saturated heterocycles. The van der Waals surface area contributed by atoms with Crippen molar-refractivity contribution >= 4 is 5.78 Å². The summed E-state index contributed by atoms with van der Waals surface area (Å²) in [6.45, 7) is 3.49. The molecule has 0 heterocycles. The minimum atomic E-state index is 0.203. The molecule has 1 aromatic carbocycles. The number of hydrogen-bond acceptors (Lipinski definition) is 3. The lowest BCUT2D eigenvalue weighted by Crippen LogP contribution is -2.02. The standard InChI is InChI=1S/C15H23NO2/c1-2-12-18-14-9-7-13(8-10-14)15(17)6-4-3-5-11-16/h7-10H,2-6,11-12,16H2,1H3. The summed E-state index contributed by atoms with van der Waals surface area (Å²) < 4.78 is 5.48. The highest BCUT2D eigenvalue weighted by Gasteiger charge is 2.05. The van der Waals surface area contributed by atoms with E-state index in [0.717, 1.165) is 37.0 Å². The first-order valence-corrected chi connectivity index (χ1v) is 6.74. The summed E-state index contributed by atoms with van der Waals surface area (Å²) in [6, 6.07) is 7.41. The lowest BCUT2D eigenvalue weighted by molar-refractivity contribution is 0.0979. The van der Waals surface area contributed by atoms with Crippen molar-refractivity contribution in [1.29, 1.82) is 0 Å². The van der Waals surface area contributed by atoms with Gasteiger partial charge in [0.25, 0.3) is 0 Å². The van der Waals surface area contributed by atoms with Gasteiger partial charge in [-0.2, -0.15) is 0 Å². The van der Waals surface area contributed by atoms with E-state index in [-0.39, 0.29) is 5.78 Å². The van der Waals surface area contributed by atoms with Gasteiger partial charge >= 0.3 is 0 Å². The Bertz CT molecular complexity index is 346. The van der Waals surface area contributed by atoms with E-state index in [1.165, 1.54) is 0 Å². The maximum absolute atomic E-state index is 11.9. The van der Waals surface area contributed by atoms with Crippen molar-refractivity contribution in [2.75, 3.05) is 13.2 Å². The van der Waals surface area contributed by atoms with Crippen LogP contribution in [0.15, 0.2) is 24.3 Å². The molecule has 0 fully saturated rings. The molecule has 3 nitrogen and oxygen atoms in total. The molecule has 0 radical (unpaired) electrons. The van der Waals surface area contributed by atoms with E-state index in [2.05, 4.69) is 6.92 Å². The van der Waals surface area contributed by atoms with Crippen LogP contribution in [0.3, 0.4) is 0 Å². The van der Waals surface area contributed by atoms with Gasteiger partial charge in [0.15, 0.2) is 5.78 Å². The molecule has 0 saturated carbocycles. The van der Waals surface area contributed by atoms with Crippen molar-refractivity contribution in [2.24, 2.45) is 5.73 Å². The van der Waals surface area contributed by atoms with Crippen LogP contribution in [-0.4, -0.2) is 18.9 Å². The van der Waals surface area contributed by atoms with Gasteiger partial charge in [-0.15, -0.1) is 0 Å². The van der Waals surface area contributed by atoms with Crippen LogP contribution in [0.2, 0.25) is 0 Å². The number of carbonyl (C=O) groups is 1. The number of ether oxygens (including phenoxy) is 1. The average molecular weight is 249 g/mol. The van der Waals surface area contributed by atoms with Gasteiger partial charge in [0.2, 0.25) is 0 Å². The summed E-state index contributed by atoms with van der Waals surface area (Å²) >= 11 is 0. The Hall–Kier alpha value is -1.35. The Morgan fingerprint density at radius 3 is 2.50 bits per heavy atom. The first-order valence-electron chi connectivity index (χ1n) is 6.74. The molecule has 0 aliphatic heterocycles. The largest absolute Gasteiger partial charge is 0.494 e. The van der Waals surface area contributed by atoms with Gasteiger partial charge in [0.05, 0.1) is 6.61 Å². The van der Waals surface area contributed by atoms with Crippen LogP contribution in [0, 0.1) is 0 Å². The Kier molecular flexibility index (Phi) is 7.11. The summed E-state index contributed by atoms with van der Waals surface area (Å²) in [7, 11) is 0. The van der Waals surface area contributed by atoms with E-state index < -0.39 is 0 Å². The summed E-state index contributed by atoms with van der Waals surface area (Å²) in [4.78, 5) is 11.9. The highest BCUT2D eigenvalue weighted by molar-refractivity contribution is 5.96. The van der Waals surface area contributed by atoms with E-state index in [1.807, 2.05) is 24.3 Å². The minimum absolute atomic E-state index is 0.203. The summed E-state index contributed by atoms with van der Waals surface area (Å²) in [5, 5.41) is 0. The number of carbonyl (C=O) groups excluding carboxylic acids is 1. The molecule has 3 heteroatoms. The van der Waals surface area contributed by atoms with Crippen LogP contribution in [0.5, 0.6) is 5.75 Å². The second-order valence-electron chi connectivity index (χ2n) is 4.40. The third-order valence-electron chi connectivity index (χ3n) is 2.76. The van der Waals surface area contributed by atoms with E-state index >= 15 is 0 Å². The predicted molar refractivity (Wildman–Crippen MR) is 74.1 cm³/mol. The summed E-state index contributed by atoms with van der Waals surface area (Å²) in [5.41, 5.74) is 6.18. The first kappa shape index (κ1) is 14.7. The Labute approximate surface area is 109 Å². The molecule has 0 aliphatic carbocycles. The maximum Gasteiger partial charge on any atom is 0.162 e. The van der Waals surface area contributed by atoms with Crippen LogP contribution < -0.4 is 10.5 Å². The molecule has 1 rings (SSSR count). The molecule has 0 unspecified atom stereocenters. The number of nitrogens with two attached hydrogens (primary N) is 1. The molecular formula is C15H23NO2. The molecule has 0 atom stereocenters. The second-order valence-corrected chi connectivity index (χ2v) is 4.40. The zero-order valence-corrected chi connectivity index (χ0v) is 11.2. The van der Waals surface area contributed by atoms with E-state index in [0.29, 0.717) is 19.6 Å². The minimum Gasteiger partial charge on any atom is -0.494 e. The molecule has 0 aromatic heterocycles. The second kappa shape index (κ2) is 8.70. The van der Waals surface area contributed by atoms with Crippen LogP contribution in [0.4, 0.5) is 0 Å². The molecule has 0 aliphatic rings. The van der Waals surface area contributed by atoms with Crippen molar-refractivity contribution < 1.29 is 9.53 Å². The topological polar surface area (TPSA) is 52.3 Å². The fourth-order valence-electron chi connectivity index (χ4n) is 1.71. The lowest BCUT2D eigenvalue weighted by atomic mass is 10.0. The van der Waals surface area contributed by atoms with Gasteiger partial charge in [-0.05, 0) is 50.1 Å². The van der Waals surface area contributed by atoms with Crippen molar-refractivity contribution in [3.63, 3.8) is 0 Å². The van der Waals surface area contributed by atoms with E-state index in [4.69, 9.17) is 10.5 Å². The number of Topliss-reactive ketones (excluding diaryl/α,β-unsaturated/α-hetero) is 1. The SMILES string of the molecule is CCCOc1ccc(C(=O)CCCCCN)cc1. The number of hydrogen-bond donors (Lipinski definition) is 1. The number of unbranched alkanes of at least 4 members (excludes halogenated alkanes) is 2. The zero-order chi connectivity index (χ0) is 13.2. The predicted octanol–water partition coefficient (Wildman–Crippen LogP) is 3.18. The number of rotatable bonds is 9. The third kappa shape index (κ3) is 5.32. The Balaban J connectivity index is 2.38. The van der Waals surface area contributed by atoms with Crippen molar-refractivity contribution in [3.05, 3.63) is 29.8 Å². The van der Waals surface area contributed by atoms with Crippen LogP contribution in [-0.2, 0) is 0 Å². The first-order chi connectivity index (χ1) is 8.77. The Morgan fingerprint density at radius 1 is 1.17 bits per heavy atom. The number of ketones is 1. The van der Waals surface area contributed by atoms with Gasteiger partial charge in [-0.25, -0.2) is 0 Å². The van der Waals surface area contributed by atoms with Crippen molar-refractivity contribution in [1.82, 2.24) is 0 Å². The summed E-state index contributed by atoms with van der Waals surface area (Å²) in [5.74, 6) is 1.03. The van der Waals surface area contributed by atoms with Crippen LogP contribution in [0.1, 0.15) is 49.4 Å². The van der Waals surface area contributed by atoms with Gasteiger partial charge < -0.3 is 10.5 Å². The number of benzene rings is 1. The van der Waals surface area contributed by atoms with Gasteiger partial charge in [0.1, 0.15) is 5.75 Å². The van der Waals surface area contributed by atoms with Gasteiger partial charge in [-0.3, -0.25) is 4.79 Å². The molecule has 100 valence electrons. The monoisotopic (exact) mass is 249 g/mol. The normalized spacial score (nSPS) is 10.3. The smallest absolute Gasteiger partial charge is 0.162 e. The lowest BCUT2D eigenvalue weighted by Gasteiger charge is -2.05. The third-order valence-corrected chi connectivity index (χ3v) is 2.76. The van der Waals surface area contributed by atoms with Crippen LogP contribution >= 0.6 is 0 Å². The maximum atomic E-state index is 11.9. The van der Waals surface area contributed by atoms with Gasteiger partial charge in [-0.1, -0.05) is 13.3 Å². The fourth-order valence-corrected chi connectivity index (χ4v) is 1.71. The fraction of sp³-hybridized carbons (Fsp3) is 0.533. The van der Waals surface area contributed by atoms with Crippen molar-refractivity contribution in [3.8, 4) is 5.75 Å². The van der Waals surface area contributed by atoms with Gasteiger partial charge in [0, 0.05) is 12.0 Å². The summed E-state index contributed by atoms with van der Waals surface area (Å²) in [6.07, 6.45) is 4.54. The zero-order valence-electron chi connectivity index (χ0n) is 11.2. The molecular weight excluding hydrogens is 226 g/mol. The Morgan fingerprint density at radius 2 is 1.89 bits per heavy atom. The quantitative estimate of drug-likeness (QED) is 0.540. The van der Waals surface area contributed by atoms with E-state index in [1.54, 1.807) is 0 Å². The molecule has 0 spiro atoms. The highest BCUT2D eigenvalue weighted by Crippen LogP contribution is 2.14.